The summed E-state index contributed by atoms with van der Waals surface area (Å²) in [7, 11) is 1.59. The van der Waals surface area contributed by atoms with Gasteiger partial charge in [0.15, 0.2) is 0 Å². The lowest BCUT2D eigenvalue weighted by atomic mass is 9.95. The molecule has 0 fully saturated rings. The summed E-state index contributed by atoms with van der Waals surface area (Å²) in [5.74, 6) is 0.0997. The molecule has 2 heterocycles. The van der Waals surface area contributed by atoms with Gasteiger partial charge in [-0.2, -0.15) is 5.10 Å². The van der Waals surface area contributed by atoms with Gasteiger partial charge in [-0.3, -0.25) is 9.89 Å². The lowest BCUT2D eigenvalue weighted by Gasteiger charge is -2.26. The van der Waals surface area contributed by atoms with Crippen molar-refractivity contribution in [1.82, 2.24) is 15.1 Å². The summed E-state index contributed by atoms with van der Waals surface area (Å²) in [5.41, 5.74) is 3.39. The molecule has 5 rings (SSSR count). The molecule has 0 aliphatic carbocycles. The van der Waals surface area contributed by atoms with E-state index >= 15 is 0 Å². The minimum absolute atomic E-state index is 0.00684. The van der Waals surface area contributed by atoms with Gasteiger partial charge < -0.3 is 14.7 Å². The topological polar surface area (TPSA) is 78.5 Å². The molecule has 3 aromatic carbocycles. The zero-order valence-corrected chi connectivity index (χ0v) is 18.3. The van der Waals surface area contributed by atoms with Crippen LogP contribution in [-0.2, 0) is 6.54 Å². The van der Waals surface area contributed by atoms with Gasteiger partial charge >= 0.3 is 0 Å². The lowest BCUT2D eigenvalue weighted by Crippen LogP contribution is -2.29. The molecule has 1 aromatic heterocycles. The molecule has 0 bridgehead atoms. The number of methoxy groups -OCH3 is 1. The SMILES string of the molecule is COc1ccc(CN2C(=O)c3[nH]nc(-c4cc(Cl)ccc4O)c3C2c2ccc(F)cc2)cc1. The number of carbonyl (C=O) groups is 1. The van der Waals surface area contributed by atoms with Gasteiger partial charge in [0.05, 0.1) is 13.2 Å². The van der Waals surface area contributed by atoms with Crippen LogP contribution in [0.2, 0.25) is 5.02 Å². The van der Waals surface area contributed by atoms with Gasteiger partial charge in [-0.25, -0.2) is 4.39 Å². The summed E-state index contributed by atoms with van der Waals surface area (Å²) in [6.45, 7) is 0.314. The van der Waals surface area contributed by atoms with Gasteiger partial charge in [-0.05, 0) is 53.6 Å². The number of aromatic amines is 1. The number of aromatic hydroxyl groups is 1. The number of aromatic nitrogens is 2. The number of hydrogen-bond donors (Lipinski definition) is 2. The standard InChI is InChI=1S/C25H19ClFN3O3/c1-33-18-9-2-14(3-10-18)13-30-24(15-4-7-17(27)8-5-15)21-22(28-29-23(21)25(30)32)19-12-16(26)6-11-20(19)31/h2-12,24,31H,13H2,1H3,(H,28,29). The molecule has 1 atom stereocenters. The Balaban J connectivity index is 1.63. The normalized spacial score (nSPS) is 15.1. The van der Waals surface area contributed by atoms with E-state index in [0.29, 0.717) is 34.1 Å². The molecule has 0 saturated carbocycles. The fourth-order valence-electron chi connectivity index (χ4n) is 4.18. The predicted molar refractivity (Wildman–Crippen MR) is 122 cm³/mol. The average Bonchev–Trinajstić information content (AvgIpc) is 3.36. The van der Waals surface area contributed by atoms with Crippen molar-refractivity contribution in [2.45, 2.75) is 12.6 Å². The van der Waals surface area contributed by atoms with Gasteiger partial charge in [0.1, 0.15) is 28.7 Å². The fraction of sp³-hybridized carbons (Fsp3) is 0.120. The molecular formula is C25H19ClFN3O3. The van der Waals surface area contributed by atoms with Gasteiger partial charge in [0.2, 0.25) is 0 Å². The summed E-state index contributed by atoms with van der Waals surface area (Å²) >= 11 is 6.17. The van der Waals surface area contributed by atoms with E-state index in [1.807, 2.05) is 24.3 Å². The van der Waals surface area contributed by atoms with Crippen LogP contribution in [0.3, 0.4) is 0 Å². The summed E-state index contributed by atoms with van der Waals surface area (Å²) in [4.78, 5) is 15.1. The molecule has 0 saturated heterocycles. The zero-order valence-electron chi connectivity index (χ0n) is 17.5. The molecule has 166 valence electrons. The van der Waals surface area contributed by atoms with Crippen molar-refractivity contribution >= 4 is 17.5 Å². The summed E-state index contributed by atoms with van der Waals surface area (Å²) in [6, 6.07) is 17.6. The Kier molecular flexibility index (Phi) is 5.26. The van der Waals surface area contributed by atoms with Gasteiger partial charge in [-0.15, -0.1) is 0 Å². The number of nitrogens with zero attached hydrogens (tertiary/aromatic N) is 2. The smallest absolute Gasteiger partial charge is 0.273 e. The van der Waals surface area contributed by atoms with Crippen molar-refractivity contribution < 1.29 is 19.0 Å². The van der Waals surface area contributed by atoms with Crippen LogP contribution in [0.1, 0.15) is 33.2 Å². The Morgan fingerprint density at radius 3 is 2.55 bits per heavy atom. The maximum Gasteiger partial charge on any atom is 0.273 e. The highest BCUT2D eigenvalue weighted by atomic mass is 35.5. The largest absolute Gasteiger partial charge is 0.507 e. The number of phenolic OH excluding ortho intramolecular Hbond substituents is 1. The molecule has 2 N–H and O–H groups in total. The number of H-pyrrole nitrogens is 1. The van der Waals surface area contributed by atoms with Crippen molar-refractivity contribution in [2.24, 2.45) is 0 Å². The molecule has 1 amide bonds. The number of phenols is 1. The second kappa shape index (κ2) is 8.26. The van der Waals surface area contributed by atoms with E-state index in [2.05, 4.69) is 10.2 Å². The van der Waals surface area contributed by atoms with E-state index in [9.17, 15) is 14.3 Å². The number of benzene rings is 3. The van der Waals surface area contributed by atoms with Gasteiger partial charge in [-0.1, -0.05) is 35.9 Å². The van der Waals surface area contributed by atoms with Crippen LogP contribution < -0.4 is 4.74 Å². The molecule has 6 nitrogen and oxygen atoms in total. The highest BCUT2D eigenvalue weighted by Gasteiger charge is 2.42. The number of rotatable bonds is 5. The molecule has 1 aliphatic rings. The molecule has 1 aliphatic heterocycles. The first-order valence-corrected chi connectivity index (χ1v) is 10.6. The quantitative estimate of drug-likeness (QED) is 0.419. The van der Waals surface area contributed by atoms with Crippen LogP contribution >= 0.6 is 11.6 Å². The van der Waals surface area contributed by atoms with Crippen molar-refractivity contribution in [3.05, 3.63) is 100.0 Å². The minimum atomic E-state index is -0.540. The Hall–Kier alpha value is -3.84. The number of ether oxygens (including phenoxy) is 1. The second-order valence-electron chi connectivity index (χ2n) is 7.76. The first-order valence-electron chi connectivity index (χ1n) is 10.2. The summed E-state index contributed by atoms with van der Waals surface area (Å²) < 4.78 is 18.9. The Morgan fingerprint density at radius 1 is 1.12 bits per heavy atom. The van der Waals surface area contributed by atoms with E-state index in [1.165, 1.54) is 18.2 Å². The van der Waals surface area contributed by atoms with Crippen LogP contribution in [0.25, 0.3) is 11.3 Å². The fourth-order valence-corrected chi connectivity index (χ4v) is 4.35. The molecule has 0 spiro atoms. The first kappa shape index (κ1) is 21.0. The number of amides is 1. The maximum absolute atomic E-state index is 13.7. The summed E-state index contributed by atoms with van der Waals surface area (Å²) in [5, 5.41) is 18.1. The van der Waals surface area contributed by atoms with Crippen molar-refractivity contribution in [3.8, 4) is 22.8 Å². The van der Waals surface area contributed by atoms with Gasteiger partial charge in [0.25, 0.3) is 5.91 Å². The Bertz CT molecular complexity index is 1340. The van der Waals surface area contributed by atoms with Crippen LogP contribution in [0, 0.1) is 5.82 Å². The molecular weight excluding hydrogens is 445 g/mol. The van der Waals surface area contributed by atoms with E-state index in [1.54, 1.807) is 36.3 Å². The van der Waals surface area contributed by atoms with Crippen LogP contribution in [0.15, 0.2) is 66.7 Å². The lowest BCUT2D eigenvalue weighted by molar-refractivity contribution is 0.0730. The Morgan fingerprint density at radius 2 is 1.85 bits per heavy atom. The maximum atomic E-state index is 13.7. The molecule has 0 radical (unpaired) electrons. The van der Waals surface area contributed by atoms with Crippen molar-refractivity contribution in [3.63, 3.8) is 0 Å². The molecule has 8 heteroatoms. The van der Waals surface area contributed by atoms with Crippen LogP contribution in [0.5, 0.6) is 11.5 Å². The van der Waals surface area contributed by atoms with E-state index in [0.717, 1.165) is 16.9 Å². The summed E-state index contributed by atoms with van der Waals surface area (Å²) in [6.07, 6.45) is 0. The predicted octanol–water partition coefficient (Wildman–Crippen LogP) is 5.33. The number of nitrogens with one attached hydrogen (secondary N) is 1. The van der Waals surface area contributed by atoms with E-state index < -0.39 is 6.04 Å². The van der Waals surface area contributed by atoms with Gasteiger partial charge in [0, 0.05) is 22.7 Å². The second-order valence-corrected chi connectivity index (χ2v) is 8.19. The van der Waals surface area contributed by atoms with Crippen molar-refractivity contribution in [2.75, 3.05) is 7.11 Å². The molecule has 33 heavy (non-hydrogen) atoms. The number of carbonyl (C=O) groups excluding carboxylic acids is 1. The third-order valence-corrected chi connectivity index (χ3v) is 6.01. The van der Waals surface area contributed by atoms with Crippen molar-refractivity contribution in [1.29, 1.82) is 0 Å². The average molecular weight is 464 g/mol. The minimum Gasteiger partial charge on any atom is -0.507 e. The first-order chi connectivity index (χ1) is 16.0. The monoisotopic (exact) mass is 463 g/mol. The Labute approximate surface area is 194 Å². The highest BCUT2D eigenvalue weighted by molar-refractivity contribution is 6.31. The molecule has 4 aromatic rings. The number of hydrogen-bond acceptors (Lipinski definition) is 4. The number of halogens is 2. The molecule has 1 unspecified atom stereocenters. The third-order valence-electron chi connectivity index (χ3n) is 5.78. The third kappa shape index (κ3) is 3.70. The van der Waals surface area contributed by atoms with E-state index in [4.69, 9.17) is 16.3 Å². The highest BCUT2D eigenvalue weighted by Crippen LogP contribution is 2.45. The van der Waals surface area contributed by atoms with Crippen LogP contribution in [-0.4, -0.2) is 33.2 Å². The zero-order chi connectivity index (χ0) is 23.1. The van der Waals surface area contributed by atoms with Crippen LogP contribution in [0.4, 0.5) is 4.39 Å². The number of fused-ring (bicyclic) bond motifs is 1. The van der Waals surface area contributed by atoms with E-state index in [-0.39, 0.29) is 17.5 Å².